The fourth-order valence-electron chi connectivity index (χ4n) is 0.843. The maximum atomic E-state index is 11.8. The summed E-state index contributed by atoms with van der Waals surface area (Å²) in [4.78, 5) is 0. The molecule has 13 heavy (non-hydrogen) atoms. The maximum absolute atomic E-state index is 11.8. The van der Waals surface area contributed by atoms with Crippen molar-refractivity contribution in [2.75, 3.05) is 5.43 Å². The van der Waals surface area contributed by atoms with Gasteiger partial charge in [-0.3, -0.25) is 5.43 Å². The summed E-state index contributed by atoms with van der Waals surface area (Å²) in [6.07, 6.45) is 0. The number of anilines is 1. The summed E-state index contributed by atoms with van der Waals surface area (Å²) in [7, 11) is 0. The Balaban J connectivity index is 2.83. The van der Waals surface area contributed by atoms with Crippen LogP contribution in [0.4, 0.5) is 14.5 Å². The minimum Gasteiger partial charge on any atom is -0.433 e. The first-order valence-corrected chi connectivity index (χ1v) is 3.49. The number of benzene rings is 1. The summed E-state index contributed by atoms with van der Waals surface area (Å²) >= 11 is 0. The Morgan fingerprint density at radius 3 is 2.69 bits per heavy atom. The second-order valence-corrected chi connectivity index (χ2v) is 2.14. The molecular formula is C8H8F2N2O. The monoisotopic (exact) mass is 186 g/mol. The summed E-state index contributed by atoms with van der Waals surface area (Å²) in [6.45, 7) is 0.332. The molecule has 0 aromatic heterocycles. The van der Waals surface area contributed by atoms with Crippen LogP contribution in [0, 0.1) is 0 Å². The van der Waals surface area contributed by atoms with E-state index >= 15 is 0 Å². The van der Waals surface area contributed by atoms with Crippen molar-refractivity contribution >= 4 is 12.4 Å². The van der Waals surface area contributed by atoms with Crippen LogP contribution >= 0.6 is 0 Å². The van der Waals surface area contributed by atoms with E-state index < -0.39 is 6.61 Å². The Morgan fingerprint density at radius 1 is 1.38 bits per heavy atom. The molecule has 3 nitrogen and oxygen atoms in total. The van der Waals surface area contributed by atoms with Crippen molar-refractivity contribution in [1.29, 1.82) is 0 Å². The first-order valence-electron chi connectivity index (χ1n) is 3.49. The molecule has 0 radical (unpaired) electrons. The van der Waals surface area contributed by atoms with E-state index in [1.165, 1.54) is 6.07 Å². The standard InChI is InChI=1S/C8H8F2N2O/c1-11-12-6-4-2-3-5-7(6)13-8(9)10/h2-5,8,12H,1H2. The number of hydrazone groups is 1. The van der Waals surface area contributed by atoms with Gasteiger partial charge < -0.3 is 4.74 Å². The molecule has 0 aliphatic rings. The SMILES string of the molecule is C=NNc1ccccc1OC(F)F. The number of halogens is 2. The molecule has 0 atom stereocenters. The quantitative estimate of drug-likeness (QED) is 0.578. The molecular weight excluding hydrogens is 178 g/mol. The normalized spacial score (nSPS) is 9.77. The lowest BCUT2D eigenvalue weighted by atomic mass is 10.3. The van der Waals surface area contributed by atoms with E-state index in [-0.39, 0.29) is 5.75 Å². The van der Waals surface area contributed by atoms with Crippen LogP contribution in [-0.2, 0) is 0 Å². The third-order valence-electron chi connectivity index (χ3n) is 1.30. The molecule has 0 fully saturated rings. The lowest BCUT2D eigenvalue weighted by molar-refractivity contribution is -0.0493. The number of ether oxygens (including phenoxy) is 1. The lowest BCUT2D eigenvalue weighted by Gasteiger charge is -2.08. The molecule has 0 bridgehead atoms. The van der Waals surface area contributed by atoms with Crippen LogP contribution in [0.15, 0.2) is 29.4 Å². The third kappa shape index (κ3) is 2.70. The van der Waals surface area contributed by atoms with Gasteiger partial charge in [0.2, 0.25) is 0 Å². The van der Waals surface area contributed by atoms with Gasteiger partial charge in [0.05, 0.1) is 5.69 Å². The summed E-state index contributed by atoms with van der Waals surface area (Å²) < 4.78 is 27.9. The van der Waals surface area contributed by atoms with Crippen molar-refractivity contribution < 1.29 is 13.5 Å². The number of nitrogens with zero attached hydrogens (tertiary/aromatic N) is 1. The van der Waals surface area contributed by atoms with Gasteiger partial charge in [-0.15, -0.1) is 0 Å². The van der Waals surface area contributed by atoms with Crippen molar-refractivity contribution in [1.82, 2.24) is 0 Å². The molecule has 0 heterocycles. The zero-order valence-electron chi connectivity index (χ0n) is 6.71. The average molecular weight is 186 g/mol. The van der Waals surface area contributed by atoms with Crippen LogP contribution in [0.1, 0.15) is 0 Å². The minimum atomic E-state index is -2.84. The molecule has 0 aliphatic carbocycles. The molecule has 1 N–H and O–H groups in total. The second-order valence-electron chi connectivity index (χ2n) is 2.14. The number of hydrogen-bond donors (Lipinski definition) is 1. The summed E-state index contributed by atoms with van der Waals surface area (Å²) in [6, 6.07) is 6.24. The van der Waals surface area contributed by atoms with E-state index in [2.05, 4.69) is 22.0 Å². The Hall–Kier alpha value is -1.65. The van der Waals surface area contributed by atoms with Gasteiger partial charge in [-0.05, 0) is 12.1 Å². The number of alkyl halides is 2. The molecule has 1 rings (SSSR count). The Morgan fingerprint density at radius 2 is 2.08 bits per heavy atom. The third-order valence-corrected chi connectivity index (χ3v) is 1.30. The van der Waals surface area contributed by atoms with E-state index in [9.17, 15) is 8.78 Å². The van der Waals surface area contributed by atoms with Gasteiger partial charge in [-0.2, -0.15) is 13.9 Å². The molecule has 0 amide bonds. The first-order chi connectivity index (χ1) is 6.24. The van der Waals surface area contributed by atoms with Crippen LogP contribution < -0.4 is 10.2 Å². The van der Waals surface area contributed by atoms with Gasteiger partial charge in [0.25, 0.3) is 0 Å². The molecule has 70 valence electrons. The molecule has 0 saturated heterocycles. The fraction of sp³-hybridized carbons (Fsp3) is 0.125. The smallest absolute Gasteiger partial charge is 0.387 e. The van der Waals surface area contributed by atoms with Gasteiger partial charge in [0.1, 0.15) is 0 Å². The van der Waals surface area contributed by atoms with E-state index in [0.717, 1.165) is 0 Å². The van der Waals surface area contributed by atoms with Crippen molar-refractivity contribution in [3.8, 4) is 5.75 Å². The first kappa shape index (κ1) is 9.44. The molecule has 0 saturated carbocycles. The zero-order valence-corrected chi connectivity index (χ0v) is 6.71. The topological polar surface area (TPSA) is 33.6 Å². The average Bonchev–Trinajstić information content (AvgIpc) is 2.08. The minimum absolute atomic E-state index is 0.0462. The Labute approximate surface area is 74.0 Å². The van der Waals surface area contributed by atoms with Crippen molar-refractivity contribution in [3.05, 3.63) is 24.3 Å². The second kappa shape index (κ2) is 4.39. The van der Waals surface area contributed by atoms with Crippen molar-refractivity contribution in [3.63, 3.8) is 0 Å². The van der Waals surface area contributed by atoms with E-state index in [1.807, 2.05) is 0 Å². The molecule has 0 aliphatic heterocycles. The highest BCUT2D eigenvalue weighted by molar-refractivity contribution is 5.56. The number of nitrogens with one attached hydrogen (secondary N) is 1. The van der Waals surface area contributed by atoms with Gasteiger partial charge in [0, 0.05) is 6.72 Å². The Bertz CT molecular complexity index is 291. The largest absolute Gasteiger partial charge is 0.433 e. The van der Waals surface area contributed by atoms with Crippen LogP contribution in [0.3, 0.4) is 0 Å². The maximum Gasteiger partial charge on any atom is 0.387 e. The van der Waals surface area contributed by atoms with Crippen LogP contribution in [-0.4, -0.2) is 13.3 Å². The highest BCUT2D eigenvalue weighted by Crippen LogP contribution is 2.24. The molecule has 1 aromatic carbocycles. The van der Waals surface area contributed by atoms with Gasteiger partial charge in [-0.1, -0.05) is 12.1 Å². The van der Waals surface area contributed by atoms with Gasteiger partial charge in [0.15, 0.2) is 5.75 Å². The van der Waals surface area contributed by atoms with Crippen LogP contribution in [0.2, 0.25) is 0 Å². The highest BCUT2D eigenvalue weighted by Gasteiger charge is 2.07. The van der Waals surface area contributed by atoms with E-state index in [1.54, 1.807) is 18.2 Å². The van der Waals surface area contributed by atoms with Crippen LogP contribution in [0.5, 0.6) is 5.75 Å². The number of rotatable bonds is 4. The molecule has 0 spiro atoms. The zero-order chi connectivity index (χ0) is 9.68. The Kier molecular flexibility index (Phi) is 3.19. The summed E-state index contributed by atoms with van der Waals surface area (Å²) in [5, 5.41) is 3.35. The van der Waals surface area contributed by atoms with Crippen LogP contribution in [0.25, 0.3) is 0 Å². The van der Waals surface area contributed by atoms with Crippen molar-refractivity contribution in [2.24, 2.45) is 5.10 Å². The van der Waals surface area contributed by atoms with Gasteiger partial charge >= 0.3 is 6.61 Å². The molecule has 5 heteroatoms. The number of hydrogen-bond acceptors (Lipinski definition) is 3. The predicted molar refractivity (Wildman–Crippen MR) is 46.2 cm³/mol. The lowest BCUT2D eigenvalue weighted by Crippen LogP contribution is -2.03. The molecule has 0 unspecified atom stereocenters. The highest BCUT2D eigenvalue weighted by atomic mass is 19.3. The van der Waals surface area contributed by atoms with E-state index in [0.29, 0.717) is 5.69 Å². The fourth-order valence-corrected chi connectivity index (χ4v) is 0.843. The van der Waals surface area contributed by atoms with E-state index in [4.69, 9.17) is 0 Å². The number of para-hydroxylation sites is 2. The van der Waals surface area contributed by atoms with Gasteiger partial charge in [-0.25, -0.2) is 0 Å². The predicted octanol–water partition coefficient (Wildman–Crippen LogP) is 2.32. The summed E-state index contributed by atoms with van der Waals surface area (Å²) in [5.41, 5.74) is 2.80. The molecule has 1 aromatic rings. The van der Waals surface area contributed by atoms with Crippen molar-refractivity contribution in [2.45, 2.75) is 6.61 Å². The summed E-state index contributed by atoms with van der Waals surface area (Å²) in [5.74, 6) is 0.0462.